The van der Waals surface area contributed by atoms with Gasteiger partial charge in [0.05, 0.1) is 13.5 Å². The zero-order chi connectivity index (χ0) is 10.6. The first-order valence-electron chi connectivity index (χ1n) is 5.38. The number of hydrogen-bond acceptors (Lipinski definition) is 2. The summed E-state index contributed by atoms with van der Waals surface area (Å²) < 4.78 is 4.72. The van der Waals surface area contributed by atoms with E-state index in [0.717, 1.165) is 6.42 Å². The molecule has 80 valence electrons. The van der Waals surface area contributed by atoms with Crippen molar-refractivity contribution in [3.8, 4) is 0 Å². The molecule has 0 aromatic rings. The summed E-state index contributed by atoms with van der Waals surface area (Å²) in [5.41, 5.74) is 2.88. The standard InChI is InChI=1S/C12H20O2/c1-9(2)11-7-5-4-6-10(11)8-12(13)14-3/h10H,4-8H2,1-3H3. The minimum atomic E-state index is -0.0735. The molecule has 0 heterocycles. The fourth-order valence-electron chi connectivity index (χ4n) is 2.25. The SMILES string of the molecule is COC(=O)CC1CCCCC1=C(C)C. The average Bonchev–Trinajstić information content (AvgIpc) is 2.18. The lowest BCUT2D eigenvalue weighted by atomic mass is 9.80. The van der Waals surface area contributed by atoms with Gasteiger partial charge in [-0.2, -0.15) is 0 Å². The van der Waals surface area contributed by atoms with E-state index in [9.17, 15) is 4.79 Å². The summed E-state index contributed by atoms with van der Waals surface area (Å²) in [7, 11) is 1.47. The number of ether oxygens (including phenoxy) is 1. The van der Waals surface area contributed by atoms with Crippen molar-refractivity contribution in [3.05, 3.63) is 11.1 Å². The number of esters is 1. The number of hydrogen-bond donors (Lipinski definition) is 0. The van der Waals surface area contributed by atoms with Crippen LogP contribution >= 0.6 is 0 Å². The van der Waals surface area contributed by atoms with E-state index < -0.39 is 0 Å². The highest BCUT2D eigenvalue weighted by Crippen LogP contribution is 2.33. The Kier molecular flexibility index (Phi) is 4.18. The van der Waals surface area contributed by atoms with Crippen molar-refractivity contribution < 1.29 is 9.53 Å². The summed E-state index contributed by atoms with van der Waals surface area (Å²) in [6.45, 7) is 4.29. The van der Waals surface area contributed by atoms with Crippen LogP contribution in [-0.4, -0.2) is 13.1 Å². The Morgan fingerprint density at radius 1 is 1.43 bits per heavy atom. The molecule has 1 saturated carbocycles. The average molecular weight is 196 g/mol. The summed E-state index contributed by atoms with van der Waals surface area (Å²) in [6.07, 6.45) is 5.41. The lowest BCUT2D eigenvalue weighted by Crippen LogP contribution is -2.16. The van der Waals surface area contributed by atoms with Crippen LogP contribution in [0.3, 0.4) is 0 Å². The monoisotopic (exact) mass is 196 g/mol. The van der Waals surface area contributed by atoms with E-state index in [2.05, 4.69) is 13.8 Å². The molecular weight excluding hydrogens is 176 g/mol. The minimum Gasteiger partial charge on any atom is -0.469 e. The van der Waals surface area contributed by atoms with Gasteiger partial charge < -0.3 is 4.74 Å². The van der Waals surface area contributed by atoms with Crippen molar-refractivity contribution in [2.75, 3.05) is 7.11 Å². The zero-order valence-corrected chi connectivity index (χ0v) is 9.43. The normalized spacial score (nSPS) is 21.9. The van der Waals surface area contributed by atoms with Crippen molar-refractivity contribution in [2.24, 2.45) is 5.92 Å². The predicted octanol–water partition coefficient (Wildman–Crippen LogP) is 3.08. The van der Waals surface area contributed by atoms with E-state index in [-0.39, 0.29) is 5.97 Å². The summed E-state index contributed by atoms with van der Waals surface area (Å²) in [4.78, 5) is 11.2. The molecule has 1 aliphatic rings. The molecule has 0 bridgehead atoms. The first-order valence-corrected chi connectivity index (χ1v) is 5.38. The summed E-state index contributed by atoms with van der Waals surface area (Å²) in [6, 6.07) is 0. The molecule has 0 saturated heterocycles. The quantitative estimate of drug-likeness (QED) is 0.501. The van der Waals surface area contributed by atoms with Crippen molar-refractivity contribution in [1.29, 1.82) is 0 Å². The highest BCUT2D eigenvalue weighted by Gasteiger charge is 2.22. The molecule has 1 unspecified atom stereocenters. The van der Waals surface area contributed by atoms with Crippen LogP contribution in [0.4, 0.5) is 0 Å². The zero-order valence-electron chi connectivity index (χ0n) is 9.43. The van der Waals surface area contributed by atoms with Crippen LogP contribution in [0.5, 0.6) is 0 Å². The second-order valence-electron chi connectivity index (χ2n) is 4.25. The molecule has 1 atom stereocenters. The van der Waals surface area contributed by atoms with Crippen LogP contribution in [0.25, 0.3) is 0 Å². The Balaban J connectivity index is 2.64. The van der Waals surface area contributed by atoms with Gasteiger partial charge in [-0.05, 0) is 39.0 Å². The molecule has 0 aliphatic heterocycles. The maximum absolute atomic E-state index is 11.2. The fourth-order valence-corrected chi connectivity index (χ4v) is 2.25. The lowest BCUT2D eigenvalue weighted by Gasteiger charge is -2.26. The Morgan fingerprint density at radius 3 is 2.71 bits per heavy atom. The molecule has 0 amide bonds. The number of carbonyl (C=O) groups is 1. The van der Waals surface area contributed by atoms with Crippen molar-refractivity contribution in [2.45, 2.75) is 46.0 Å². The Morgan fingerprint density at radius 2 is 2.14 bits per heavy atom. The summed E-state index contributed by atoms with van der Waals surface area (Å²) in [5.74, 6) is 0.372. The molecule has 14 heavy (non-hydrogen) atoms. The summed E-state index contributed by atoms with van der Waals surface area (Å²) >= 11 is 0. The third-order valence-electron chi connectivity index (χ3n) is 3.02. The van der Waals surface area contributed by atoms with Gasteiger partial charge >= 0.3 is 5.97 Å². The number of carbonyl (C=O) groups excluding carboxylic acids is 1. The minimum absolute atomic E-state index is 0.0735. The molecule has 0 aromatic carbocycles. The van der Waals surface area contributed by atoms with E-state index in [1.807, 2.05) is 0 Å². The maximum Gasteiger partial charge on any atom is 0.306 e. The first-order chi connectivity index (χ1) is 6.65. The Hall–Kier alpha value is -0.790. The second kappa shape index (κ2) is 5.18. The van der Waals surface area contributed by atoms with Crippen molar-refractivity contribution >= 4 is 5.97 Å². The molecular formula is C12H20O2. The topological polar surface area (TPSA) is 26.3 Å². The largest absolute Gasteiger partial charge is 0.469 e. The van der Waals surface area contributed by atoms with Crippen LogP contribution < -0.4 is 0 Å². The number of allylic oxidation sites excluding steroid dienone is 2. The maximum atomic E-state index is 11.2. The van der Waals surface area contributed by atoms with E-state index >= 15 is 0 Å². The van der Waals surface area contributed by atoms with E-state index in [4.69, 9.17) is 4.74 Å². The molecule has 0 N–H and O–H groups in total. The van der Waals surface area contributed by atoms with Crippen LogP contribution in [0.15, 0.2) is 11.1 Å². The molecule has 0 spiro atoms. The first kappa shape index (κ1) is 11.3. The van der Waals surface area contributed by atoms with Crippen LogP contribution in [0.2, 0.25) is 0 Å². The molecule has 1 aliphatic carbocycles. The van der Waals surface area contributed by atoms with Crippen LogP contribution in [0, 0.1) is 5.92 Å². The Labute approximate surface area is 86.3 Å². The van der Waals surface area contributed by atoms with Gasteiger partial charge in [0.2, 0.25) is 0 Å². The van der Waals surface area contributed by atoms with Crippen LogP contribution in [0.1, 0.15) is 46.0 Å². The Bertz CT molecular complexity index is 237. The molecule has 0 radical (unpaired) electrons. The lowest BCUT2D eigenvalue weighted by molar-refractivity contribution is -0.141. The molecule has 1 rings (SSSR count). The van der Waals surface area contributed by atoms with Gasteiger partial charge in [0.25, 0.3) is 0 Å². The van der Waals surface area contributed by atoms with Gasteiger partial charge in [0.15, 0.2) is 0 Å². The van der Waals surface area contributed by atoms with Gasteiger partial charge in [0, 0.05) is 0 Å². The predicted molar refractivity (Wildman–Crippen MR) is 57.0 cm³/mol. The van der Waals surface area contributed by atoms with Crippen molar-refractivity contribution in [1.82, 2.24) is 0 Å². The highest BCUT2D eigenvalue weighted by atomic mass is 16.5. The van der Waals surface area contributed by atoms with E-state index in [1.165, 1.54) is 37.5 Å². The number of rotatable bonds is 2. The molecule has 2 heteroatoms. The highest BCUT2D eigenvalue weighted by molar-refractivity contribution is 5.70. The van der Waals surface area contributed by atoms with E-state index in [1.54, 1.807) is 0 Å². The molecule has 2 nitrogen and oxygen atoms in total. The number of methoxy groups -OCH3 is 1. The second-order valence-corrected chi connectivity index (χ2v) is 4.25. The smallest absolute Gasteiger partial charge is 0.306 e. The van der Waals surface area contributed by atoms with Gasteiger partial charge in [-0.1, -0.05) is 17.6 Å². The third kappa shape index (κ3) is 2.86. The molecule has 0 aromatic heterocycles. The molecule has 1 fully saturated rings. The van der Waals surface area contributed by atoms with Gasteiger partial charge in [0.1, 0.15) is 0 Å². The van der Waals surface area contributed by atoms with Crippen LogP contribution in [-0.2, 0) is 9.53 Å². The third-order valence-corrected chi connectivity index (χ3v) is 3.02. The van der Waals surface area contributed by atoms with E-state index in [0.29, 0.717) is 12.3 Å². The van der Waals surface area contributed by atoms with Gasteiger partial charge in [-0.3, -0.25) is 4.79 Å². The fraction of sp³-hybridized carbons (Fsp3) is 0.750. The summed E-state index contributed by atoms with van der Waals surface area (Å²) in [5, 5.41) is 0. The van der Waals surface area contributed by atoms with Crippen molar-refractivity contribution in [3.63, 3.8) is 0 Å². The van der Waals surface area contributed by atoms with Gasteiger partial charge in [-0.15, -0.1) is 0 Å². The van der Waals surface area contributed by atoms with Gasteiger partial charge in [-0.25, -0.2) is 0 Å².